The number of anilines is 1. The van der Waals surface area contributed by atoms with Crippen LogP contribution in [0.1, 0.15) is 67.0 Å². The number of nitrogens with one attached hydrogen (secondary N) is 2. The number of carbonyl (C=O) groups is 3. The summed E-state index contributed by atoms with van der Waals surface area (Å²) < 4.78 is 25.0. The lowest BCUT2D eigenvalue weighted by Gasteiger charge is -2.41. The number of hydrogen-bond donors (Lipinski definition) is 2. The predicted octanol–water partition coefficient (Wildman–Crippen LogP) is 6.63. The number of amides is 3. The summed E-state index contributed by atoms with van der Waals surface area (Å²) in [5.74, 6) is -1.07. The second kappa shape index (κ2) is 15.4. The highest BCUT2D eigenvalue weighted by Crippen LogP contribution is 2.34. The molecular formula is C43H44FN11O4. The maximum absolute atomic E-state index is 14.9. The molecule has 302 valence electrons. The number of piperidine rings is 1. The Morgan fingerprint density at radius 1 is 0.966 bits per heavy atom. The third-order valence-corrected chi connectivity index (χ3v) is 10.5. The molecule has 1 aliphatic heterocycles. The summed E-state index contributed by atoms with van der Waals surface area (Å²) in [7, 11) is 0. The molecule has 2 N–H and O–H groups in total. The summed E-state index contributed by atoms with van der Waals surface area (Å²) in [6.07, 6.45) is 4.92. The lowest BCUT2D eigenvalue weighted by atomic mass is 9.86. The zero-order valence-corrected chi connectivity index (χ0v) is 33.4. The van der Waals surface area contributed by atoms with E-state index in [0.29, 0.717) is 40.3 Å². The van der Waals surface area contributed by atoms with Gasteiger partial charge in [-0.3, -0.25) is 9.59 Å². The van der Waals surface area contributed by atoms with Gasteiger partial charge in [-0.2, -0.15) is 5.10 Å². The molecule has 59 heavy (non-hydrogen) atoms. The van der Waals surface area contributed by atoms with Gasteiger partial charge >= 0.3 is 6.09 Å². The molecule has 0 radical (unpaired) electrons. The maximum Gasteiger partial charge on any atom is 0.410 e. The number of carbonyl (C=O) groups excluding carboxylic acids is 3. The smallest absolute Gasteiger partial charge is 0.410 e. The largest absolute Gasteiger partial charge is 0.444 e. The van der Waals surface area contributed by atoms with Crippen molar-refractivity contribution in [2.24, 2.45) is 0 Å². The third kappa shape index (κ3) is 7.97. The fourth-order valence-corrected chi connectivity index (χ4v) is 7.48. The Bertz CT molecular complexity index is 2670. The van der Waals surface area contributed by atoms with Crippen LogP contribution in [-0.2, 0) is 21.6 Å². The van der Waals surface area contributed by atoms with Gasteiger partial charge in [0.15, 0.2) is 5.65 Å². The minimum absolute atomic E-state index is 0.216. The van der Waals surface area contributed by atoms with Crippen LogP contribution in [0.15, 0.2) is 97.6 Å². The Morgan fingerprint density at radius 2 is 1.69 bits per heavy atom. The first-order valence-electron chi connectivity index (χ1n) is 19.4. The summed E-state index contributed by atoms with van der Waals surface area (Å²) >= 11 is 0. The first-order chi connectivity index (χ1) is 28.3. The maximum atomic E-state index is 14.9. The van der Waals surface area contributed by atoms with E-state index in [1.54, 1.807) is 50.9 Å². The molecule has 16 heteroatoms. The van der Waals surface area contributed by atoms with Gasteiger partial charge in [0.2, 0.25) is 5.91 Å². The van der Waals surface area contributed by atoms with Gasteiger partial charge in [-0.25, -0.2) is 28.4 Å². The second-order valence-electron chi connectivity index (χ2n) is 15.9. The molecule has 4 aromatic heterocycles. The number of likely N-dealkylation sites (tertiary alicyclic amines) is 1. The van der Waals surface area contributed by atoms with E-state index in [4.69, 9.17) is 4.74 Å². The van der Waals surface area contributed by atoms with Gasteiger partial charge in [-0.15, -0.1) is 5.10 Å². The fraction of sp³-hybridized carbons (Fsp3) is 0.302. The molecule has 3 aromatic carbocycles. The molecule has 15 nitrogen and oxygen atoms in total. The van der Waals surface area contributed by atoms with Crippen molar-refractivity contribution in [1.29, 1.82) is 0 Å². The Morgan fingerprint density at radius 3 is 2.42 bits per heavy atom. The number of rotatable bonds is 9. The first kappa shape index (κ1) is 38.9. The second-order valence-corrected chi connectivity index (χ2v) is 15.9. The molecule has 7 aromatic rings. The molecule has 3 amide bonds. The molecule has 1 unspecified atom stereocenters. The molecule has 1 saturated heterocycles. The highest BCUT2D eigenvalue weighted by Gasteiger charge is 2.46. The number of aromatic nitrogens is 8. The summed E-state index contributed by atoms with van der Waals surface area (Å²) in [4.78, 5) is 52.0. The van der Waals surface area contributed by atoms with Crippen LogP contribution in [0.3, 0.4) is 0 Å². The van der Waals surface area contributed by atoms with E-state index in [0.717, 1.165) is 22.4 Å². The average molecular weight is 798 g/mol. The summed E-state index contributed by atoms with van der Waals surface area (Å²) in [5.41, 5.74) is 4.69. The van der Waals surface area contributed by atoms with E-state index in [-0.39, 0.29) is 37.7 Å². The summed E-state index contributed by atoms with van der Waals surface area (Å²) in [5, 5.41) is 19.5. The van der Waals surface area contributed by atoms with Crippen molar-refractivity contribution in [1.82, 2.24) is 49.4 Å². The van der Waals surface area contributed by atoms with Crippen LogP contribution in [0.25, 0.3) is 27.9 Å². The number of aryl methyl sites for hydroxylation is 2. The van der Waals surface area contributed by atoms with Gasteiger partial charge in [-0.05, 0) is 95.5 Å². The van der Waals surface area contributed by atoms with Crippen LogP contribution in [0.4, 0.5) is 14.9 Å². The Hall–Kier alpha value is -6.97. The molecule has 0 aliphatic carbocycles. The van der Waals surface area contributed by atoms with Crippen molar-refractivity contribution in [3.63, 3.8) is 0 Å². The molecule has 0 bridgehead atoms. The van der Waals surface area contributed by atoms with Crippen molar-refractivity contribution >= 4 is 40.3 Å². The van der Waals surface area contributed by atoms with Crippen molar-refractivity contribution in [2.45, 2.75) is 71.2 Å². The van der Waals surface area contributed by atoms with E-state index in [1.165, 1.54) is 18.3 Å². The zero-order chi connectivity index (χ0) is 41.5. The van der Waals surface area contributed by atoms with Gasteiger partial charge in [0, 0.05) is 42.3 Å². The number of imidazole rings is 1. The molecule has 1 atom stereocenters. The lowest BCUT2D eigenvalue weighted by molar-refractivity contribution is -0.134. The monoisotopic (exact) mass is 797 g/mol. The highest BCUT2D eigenvalue weighted by atomic mass is 19.1. The quantitative estimate of drug-likeness (QED) is 0.163. The van der Waals surface area contributed by atoms with Gasteiger partial charge < -0.3 is 24.8 Å². The molecular weight excluding hydrogens is 754 g/mol. The average Bonchev–Trinajstić information content (AvgIpc) is 3.97. The molecule has 0 spiro atoms. The molecule has 1 aliphatic rings. The van der Waals surface area contributed by atoms with Crippen molar-refractivity contribution in [3.8, 4) is 11.3 Å². The van der Waals surface area contributed by atoms with Crippen LogP contribution in [0, 0.1) is 19.7 Å². The normalized spacial score (nSPS) is 14.6. The van der Waals surface area contributed by atoms with Crippen LogP contribution >= 0.6 is 0 Å². The van der Waals surface area contributed by atoms with E-state index < -0.39 is 29.1 Å². The number of ether oxygens (including phenoxy) is 1. The fourth-order valence-electron chi connectivity index (χ4n) is 7.48. The SMILES string of the molecule is Cc1cc(C)n2ncc(C(=O)Nc3ccc(-c4cn(C5(C(=O)NC(Cn6cnc7ccccc76)c6ccc(F)cc6)CCN(C(=O)OC(C)(C)C)CC5)nn4)cc3)c2n1. The van der Waals surface area contributed by atoms with E-state index in [2.05, 4.69) is 36.0 Å². The van der Waals surface area contributed by atoms with Gasteiger partial charge in [0.1, 0.15) is 28.2 Å². The first-order valence-corrected chi connectivity index (χ1v) is 19.4. The third-order valence-electron chi connectivity index (χ3n) is 10.5. The molecule has 8 rings (SSSR count). The number of nitrogens with zero attached hydrogens (tertiary/aromatic N) is 9. The topological polar surface area (TPSA) is 166 Å². The summed E-state index contributed by atoms with van der Waals surface area (Å²) in [6.45, 7) is 9.96. The Labute approximate surface area is 339 Å². The van der Waals surface area contributed by atoms with Crippen molar-refractivity contribution < 1.29 is 23.5 Å². The van der Waals surface area contributed by atoms with Gasteiger partial charge in [-0.1, -0.05) is 41.6 Å². The number of benzene rings is 3. The van der Waals surface area contributed by atoms with Crippen LogP contribution < -0.4 is 10.6 Å². The highest BCUT2D eigenvalue weighted by molar-refractivity contribution is 6.08. The number of para-hydroxylation sites is 2. The predicted molar refractivity (Wildman–Crippen MR) is 218 cm³/mol. The van der Waals surface area contributed by atoms with E-state index in [9.17, 15) is 18.8 Å². The van der Waals surface area contributed by atoms with E-state index in [1.807, 2.05) is 81.7 Å². The standard InChI is InChI=1S/C43H44FN11O4/c1-27-22-28(2)55-38(47-27)33(23-46-55)39(56)48-32-16-12-30(13-17-32)36-25-54(51-50-36)43(18-20-52(21-19-43)41(58)59-42(3,4)5)40(57)49-35(29-10-14-31(44)15-11-29)24-53-26-45-34-8-6-7-9-37(34)53/h6-17,22-23,25-26,35H,18-21,24H2,1-5H3,(H,48,56)(H,49,57). The van der Waals surface area contributed by atoms with Crippen molar-refractivity contribution in [2.75, 3.05) is 18.4 Å². The zero-order valence-electron chi connectivity index (χ0n) is 33.4. The minimum atomic E-state index is -1.26. The molecule has 1 fully saturated rings. The van der Waals surface area contributed by atoms with Crippen molar-refractivity contribution in [3.05, 3.63) is 126 Å². The number of fused-ring (bicyclic) bond motifs is 2. The Balaban J connectivity index is 1.07. The van der Waals surface area contributed by atoms with Crippen LogP contribution in [0.2, 0.25) is 0 Å². The van der Waals surface area contributed by atoms with Gasteiger partial charge in [0.05, 0.1) is 35.8 Å². The summed E-state index contributed by atoms with van der Waals surface area (Å²) in [6, 6.07) is 22.2. The van der Waals surface area contributed by atoms with Gasteiger partial charge in [0.25, 0.3) is 5.91 Å². The van der Waals surface area contributed by atoms with Crippen LogP contribution in [0.5, 0.6) is 0 Å². The Kier molecular flexibility index (Phi) is 10.2. The molecule has 5 heterocycles. The molecule has 0 saturated carbocycles. The number of halogens is 1. The minimum Gasteiger partial charge on any atom is -0.444 e. The van der Waals surface area contributed by atoms with E-state index >= 15 is 0 Å². The van der Waals surface area contributed by atoms with Crippen LogP contribution in [-0.4, -0.2) is 80.6 Å². The lowest BCUT2D eigenvalue weighted by Crippen LogP contribution is -2.57. The number of hydrogen-bond acceptors (Lipinski definition) is 9.